The number of rotatable bonds is 0. The second kappa shape index (κ2) is 6.44. The van der Waals surface area contributed by atoms with Gasteiger partial charge in [0, 0.05) is 55.2 Å². The number of hydrogen-bond acceptors (Lipinski definition) is 3. The smallest absolute Gasteiger partial charge is 0.141 e. The number of Topliss-reactive ketones (excluding diaryl/α,β-unsaturated/α-hetero) is 3. The van der Waals surface area contributed by atoms with Crippen molar-refractivity contribution >= 4 is 17.3 Å². The molecule has 0 atom stereocenters. The van der Waals surface area contributed by atoms with Gasteiger partial charge < -0.3 is 0 Å². The minimum absolute atomic E-state index is 0.0792. The summed E-state index contributed by atoms with van der Waals surface area (Å²) in [5.74, 6) is -4.87. The van der Waals surface area contributed by atoms with Gasteiger partial charge in [0.1, 0.15) is 34.8 Å². The molecule has 3 aliphatic carbocycles. The van der Waals surface area contributed by atoms with Crippen molar-refractivity contribution in [3.05, 3.63) is 69.0 Å². The molecule has 0 spiro atoms. The van der Waals surface area contributed by atoms with Crippen LogP contribution >= 0.6 is 0 Å². The minimum Gasteiger partial charge on any atom is -0.299 e. The third kappa shape index (κ3) is 3.20. The third-order valence-electron chi connectivity index (χ3n) is 5.03. The lowest BCUT2D eigenvalue weighted by Crippen LogP contribution is -2.21. The van der Waals surface area contributed by atoms with E-state index in [-0.39, 0.29) is 19.3 Å². The predicted octanol–water partition coefficient (Wildman–Crippen LogP) is 2.79. The minimum atomic E-state index is -1.20. The molecule has 0 amide bonds. The normalized spacial score (nSPS) is 16.8. The van der Waals surface area contributed by atoms with E-state index in [1.807, 2.05) is 0 Å². The van der Waals surface area contributed by atoms with Crippen LogP contribution in [0.5, 0.6) is 0 Å². The molecule has 0 saturated heterocycles. The van der Waals surface area contributed by atoms with Crippen molar-refractivity contribution in [2.24, 2.45) is 0 Å². The average Bonchev–Trinajstić information content (AvgIpc) is 2.57. The van der Waals surface area contributed by atoms with E-state index in [9.17, 15) is 27.6 Å². The summed E-state index contributed by atoms with van der Waals surface area (Å²) in [7, 11) is 0. The van der Waals surface area contributed by atoms with Gasteiger partial charge in [0.2, 0.25) is 0 Å². The molecule has 0 fully saturated rings. The quantitative estimate of drug-likeness (QED) is 0.715. The zero-order chi connectivity index (χ0) is 19.3. The van der Waals surface area contributed by atoms with Crippen LogP contribution in [-0.2, 0) is 52.9 Å². The number of hydrogen-bond donors (Lipinski definition) is 0. The number of fused-ring (bicyclic) bond motifs is 6. The first-order valence-electron chi connectivity index (χ1n) is 8.65. The van der Waals surface area contributed by atoms with Crippen LogP contribution in [0.4, 0.5) is 13.2 Å². The van der Waals surface area contributed by atoms with Crippen LogP contribution in [0.3, 0.4) is 0 Å². The zero-order valence-corrected chi connectivity index (χ0v) is 14.3. The second-order valence-electron chi connectivity index (χ2n) is 7.21. The Balaban J connectivity index is 2.04. The summed E-state index contributed by atoms with van der Waals surface area (Å²) in [6.07, 6.45) is -1.90. The maximum Gasteiger partial charge on any atom is 0.141 e. The van der Waals surface area contributed by atoms with Gasteiger partial charge in [-0.3, -0.25) is 14.4 Å². The molecule has 0 radical (unpaired) electrons. The number of ketones is 3. The molecule has 0 saturated carbocycles. The highest BCUT2D eigenvalue weighted by Gasteiger charge is 2.29. The Kier molecular flexibility index (Phi) is 4.21. The monoisotopic (exact) mass is 372 g/mol. The van der Waals surface area contributed by atoms with Gasteiger partial charge in [-0.15, -0.1) is 0 Å². The van der Waals surface area contributed by atoms with Crippen molar-refractivity contribution in [2.45, 2.75) is 38.5 Å². The molecular formula is C21H15F3O3. The van der Waals surface area contributed by atoms with Gasteiger partial charge in [-0.2, -0.15) is 0 Å². The standard InChI is InChI=1S/C21H15F3O3/c22-19-16-7-13(25)4-10-1-11-3-12(2-10)6-15(27)9-18(20(16)23)21(24)17(19)8-14(26)5-11/h1-3H,4-9H2. The van der Waals surface area contributed by atoms with Gasteiger partial charge in [0.15, 0.2) is 0 Å². The first kappa shape index (κ1) is 17.6. The second-order valence-corrected chi connectivity index (χ2v) is 7.21. The highest BCUT2D eigenvalue weighted by Crippen LogP contribution is 2.29. The average molecular weight is 372 g/mol. The van der Waals surface area contributed by atoms with Gasteiger partial charge in [-0.25, -0.2) is 13.2 Å². The van der Waals surface area contributed by atoms with Crippen molar-refractivity contribution in [2.75, 3.05) is 0 Å². The highest BCUT2D eigenvalue weighted by molar-refractivity contribution is 5.88. The van der Waals surface area contributed by atoms with Crippen LogP contribution in [0.25, 0.3) is 0 Å². The molecule has 0 N–H and O–H groups in total. The van der Waals surface area contributed by atoms with E-state index >= 15 is 0 Å². The molecule has 27 heavy (non-hydrogen) atoms. The largest absolute Gasteiger partial charge is 0.299 e. The lowest BCUT2D eigenvalue weighted by Gasteiger charge is -2.18. The van der Waals surface area contributed by atoms with Crippen molar-refractivity contribution in [3.8, 4) is 0 Å². The molecule has 5 rings (SSSR count). The molecule has 0 aliphatic heterocycles. The predicted molar refractivity (Wildman–Crippen MR) is 90.0 cm³/mol. The lowest BCUT2D eigenvalue weighted by atomic mass is 9.87. The molecule has 2 aromatic carbocycles. The molecule has 6 bridgehead atoms. The summed E-state index contributed by atoms with van der Waals surface area (Å²) < 4.78 is 44.4. The summed E-state index contributed by atoms with van der Waals surface area (Å²) in [6.45, 7) is 0. The van der Waals surface area contributed by atoms with Gasteiger partial charge in [0.05, 0.1) is 0 Å². The fourth-order valence-electron chi connectivity index (χ4n) is 3.91. The molecule has 0 heterocycles. The maximum absolute atomic E-state index is 14.8. The summed E-state index contributed by atoms with van der Waals surface area (Å²) in [4.78, 5) is 37.2. The van der Waals surface area contributed by atoms with E-state index in [0.717, 1.165) is 0 Å². The summed E-state index contributed by atoms with van der Waals surface area (Å²) in [5, 5.41) is 0. The Hall–Kier alpha value is -2.76. The van der Waals surface area contributed by atoms with Crippen molar-refractivity contribution in [1.82, 2.24) is 0 Å². The van der Waals surface area contributed by atoms with E-state index in [0.29, 0.717) is 16.7 Å². The number of benzene rings is 2. The summed E-state index contributed by atoms with van der Waals surface area (Å²) >= 11 is 0. The van der Waals surface area contributed by atoms with Gasteiger partial charge in [-0.05, 0) is 16.7 Å². The van der Waals surface area contributed by atoms with Crippen molar-refractivity contribution in [1.29, 1.82) is 0 Å². The van der Waals surface area contributed by atoms with Crippen LogP contribution in [-0.4, -0.2) is 17.3 Å². The molecule has 3 nitrogen and oxygen atoms in total. The number of carbonyl (C=O) groups excluding carboxylic acids is 3. The molecule has 138 valence electrons. The Morgan fingerprint density at radius 2 is 0.741 bits per heavy atom. The van der Waals surface area contributed by atoms with Gasteiger partial charge >= 0.3 is 0 Å². The lowest BCUT2D eigenvalue weighted by molar-refractivity contribution is -0.118. The molecule has 0 aromatic heterocycles. The first-order valence-corrected chi connectivity index (χ1v) is 8.65. The highest BCUT2D eigenvalue weighted by atomic mass is 19.1. The third-order valence-corrected chi connectivity index (χ3v) is 5.03. The number of halogens is 3. The SMILES string of the molecule is O=C1Cc2cc3cc(c2)CC(=O)Cc2c(F)c(c(F)c(c2F)CC(=O)C3)C1. The van der Waals surface area contributed by atoms with E-state index < -0.39 is 70.8 Å². The first-order chi connectivity index (χ1) is 12.8. The van der Waals surface area contributed by atoms with E-state index in [4.69, 9.17) is 0 Å². The summed E-state index contributed by atoms with van der Waals surface area (Å²) in [6, 6.07) is 5.04. The molecule has 6 heteroatoms. The Morgan fingerprint density at radius 1 is 0.481 bits per heavy atom. The van der Waals surface area contributed by atoms with Crippen molar-refractivity contribution in [3.63, 3.8) is 0 Å². The summed E-state index contributed by atoms with van der Waals surface area (Å²) in [5.41, 5.74) is 0.0893. The molecule has 3 aliphatic rings. The zero-order valence-electron chi connectivity index (χ0n) is 14.3. The van der Waals surface area contributed by atoms with E-state index in [1.54, 1.807) is 18.2 Å². The van der Waals surface area contributed by atoms with Crippen LogP contribution in [0.15, 0.2) is 18.2 Å². The Bertz CT molecular complexity index is 862. The van der Waals surface area contributed by atoms with Crippen LogP contribution < -0.4 is 0 Å². The number of carbonyl (C=O) groups is 3. The van der Waals surface area contributed by atoms with E-state index in [2.05, 4.69) is 0 Å². The topological polar surface area (TPSA) is 51.2 Å². The van der Waals surface area contributed by atoms with E-state index in [1.165, 1.54) is 0 Å². The van der Waals surface area contributed by atoms with Crippen LogP contribution in [0.2, 0.25) is 0 Å². The molecule has 0 unspecified atom stereocenters. The fourth-order valence-corrected chi connectivity index (χ4v) is 3.91. The van der Waals surface area contributed by atoms with Gasteiger partial charge in [0.25, 0.3) is 0 Å². The van der Waals surface area contributed by atoms with Gasteiger partial charge in [-0.1, -0.05) is 18.2 Å². The van der Waals surface area contributed by atoms with Crippen molar-refractivity contribution < 1.29 is 27.6 Å². The maximum atomic E-state index is 14.8. The van der Waals surface area contributed by atoms with Crippen LogP contribution in [0.1, 0.15) is 33.4 Å². The molecular weight excluding hydrogens is 357 g/mol. The van der Waals surface area contributed by atoms with Crippen LogP contribution in [0, 0.1) is 17.5 Å². The molecule has 2 aromatic rings. The Morgan fingerprint density at radius 3 is 1.00 bits per heavy atom. The fraction of sp³-hybridized carbons (Fsp3) is 0.286. The Labute approximate surface area is 153 Å².